The van der Waals surface area contributed by atoms with E-state index in [0.29, 0.717) is 0 Å². The first-order chi connectivity index (χ1) is 9.24. The Hall–Kier alpha value is -1.40. The fraction of sp³-hybridized carbons (Fsp3) is 0.231. The highest BCUT2D eigenvalue weighted by Gasteiger charge is 2.11. The zero-order valence-corrected chi connectivity index (χ0v) is 12.9. The van der Waals surface area contributed by atoms with Gasteiger partial charge in [-0.1, -0.05) is 6.07 Å². The lowest BCUT2D eigenvalue weighted by molar-refractivity contribution is 0.862. The lowest BCUT2D eigenvalue weighted by Gasteiger charge is -2.18. The summed E-state index contributed by atoms with van der Waals surface area (Å²) in [4.78, 5) is 12.4. The van der Waals surface area contributed by atoms with Crippen LogP contribution in [-0.2, 0) is 6.42 Å². The van der Waals surface area contributed by atoms with E-state index in [-0.39, 0.29) is 0 Å². The highest BCUT2D eigenvalue weighted by molar-refractivity contribution is 9.10. The van der Waals surface area contributed by atoms with Gasteiger partial charge in [0, 0.05) is 37.1 Å². The van der Waals surface area contributed by atoms with Crippen molar-refractivity contribution in [3.05, 3.63) is 45.6 Å². The van der Waals surface area contributed by atoms with Crippen molar-refractivity contribution in [2.24, 2.45) is 0 Å². The van der Waals surface area contributed by atoms with Crippen LogP contribution in [0.4, 0.5) is 5.82 Å². The summed E-state index contributed by atoms with van der Waals surface area (Å²) in [5, 5.41) is 2.11. The second-order valence-electron chi connectivity index (χ2n) is 4.30. The molecule has 6 heteroatoms. The Kier molecular flexibility index (Phi) is 3.52. The smallest absolute Gasteiger partial charge is 0.180 e. The topological polar surface area (TPSA) is 33.4 Å². The van der Waals surface area contributed by atoms with E-state index in [4.69, 9.17) is 0 Å². The van der Waals surface area contributed by atoms with E-state index in [1.165, 1.54) is 4.88 Å². The Morgan fingerprint density at radius 3 is 3.16 bits per heavy atom. The summed E-state index contributed by atoms with van der Waals surface area (Å²) in [5.74, 6) is 0.899. The molecule has 0 spiro atoms. The first kappa shape index (κ1) is 12.6. The molecular formula is C13H13BrN4S. The third kappa shape index (κ3) is 2.64. The first-order valence-electron chi connectivity index (χ1n) is 5.97. The number of nitrogens with zero attached hydrogens (tertiary/aromatic N) is 4. The van der Waals surface area contributed by atoms with Crippen LogP contribution in [0.1, 0.15) is 4.88 Å². The molecule has 0 saturated heterocycles. The van der Waals surface area contributed by atoms with Crippen molar-refractivity contribution in [2.45, 2.75) is 6.42 Å². The molecule has 0 unspecified atom stereocenters. The molecule has 0 aliphatic carbocycles. The number of anilines is 1. The minimum Gasteiger partial charge on any atom is -0.356 e. The molecule has 0 fully saturated rings. The molecule has 3 heterocycles. The maximum atomic E-state index is 4.54. The van der Waals surface area contributed by atoms with Gasteiger partial charge in [0.05, 0.1) is 0 Å². The highest BCUT2D eigenvalue weighted by atomic mass is 79.9. The van der Waals surface area contributed by atoms with Crippen LogP contribution in [0.2, 0.25) is 0 Å². The van der Waals surface area contributed by atoms with Crippen LogP contribution in [-0.4, -0.2) is 28.0 Å². The van der Waals surface area contributed by atoms with E-state index in [2.05, 4.69) is 55.4 Å². The number of likely N-dealkylation sites (N-methyl/N-ethyl adjacent to an activating group) is 1. The van der Waals surface area contributed by atoms with Crippen LogP contribution in [0.5, 0.6) is 0 Å². The van der Waals surface area contributed by atoms with Gasteiger partial charge < -0.3 is 9.30 Å². The van der Waals surface area contributed by atoms with Gasteiger partial charge in [0.25, 0.3) is 0 Å². The third-order valence-electron chi connectivity index (χ3n) is 2.96. The Balaban J connectivity index is 1.84. The molecule has 0 aliphatic heterocycles. The number of hydrogen-bond donors (Lipinski definition) is 0. The Labute approximate surface area is 123 Å². The second kappa shape index (κ2) is 5.30. The summed E-state index contributed by atoms with van der Waals surface area (Å²) in [6.07, 6.45) is 6.66. The number of fused-ring (bicyclic) bond motifs is 1. The van der Waals surface area contributed by atoms with Crippen LogP contribution in [0, 0.1) is 0 Å². The Morgan fingerprint density at radius 2 is 2.37 bits per heavy atom. The van der Waals surface area contributed by atoms with Crippen molar-refractivity contribution >= 4 is 38.7 Å². The first-order valence-corrected chi connectivity index (χ1v) is 7.64. The molecule has 3 aromatic heterocycles. The summed E-state index contributed by atoms with van der Waals surface area (Å²) in [7, 11) is 2.05. The molecule has 4 nitrogen and oxygen atoms in total. The molecule has 0 bridgehead atoms. The van der Waals surface area contributed by atoms with E-state index in [9.17, 15) is 0 Å². The zero-order chi connectivity index (χ0) is 13.2. The number of imidazole rings is 1. The summed E-state index contributed by atoms with van der Waals surface area (Å²) >= 11 is 5.23. The van der Waals surface area contributed by atoms with Gasteiger partial charge in [-0.15, -0.1) is 11.3 Å². The molecule has 0 atom stereocenters. The van der Waals surface area contributed by atoms with E-state index in [1.54, 1.807) is 17.5 Å². The average molecular weight is 337 g/mol. The molecule has 0 N–H and O–H groups in total. The van der Waals surface area contributed by atoms with Crippen molar-refractivity contribution in [3.8, 4) is 0 Å². The highest BCUT2D eigenvalue weighted by Crippen LogP contribution is 2.20. The van der Waals surface area contributed by atoms with Crippen LogP contribution < -0.4 is 4.90 Å². The van der Waals surface area contributed by atoms with Crippen molar-refractivity contribution < 1.29 is 0 Å². The molecular weight excluding hydrogens is 324 g/mol. The predicted octanol–water partition coefficient (Wildman–Crippen LogP) is 3.23. The molecule has 0 aliphatic rings. The van der Waals surface area contributed by atoms with Gasteiger partial charge in [-0.3, -0.25) is 0 Å². The van der Waals surface area contributed by atoms with Crippen LogP contribution in [0.25, 0.3) is 5.65 Å². The van der Waals surface area contributed by atoms with Gasteiger partial charge in [0.15, 0.2) is 11.5 Å². The van der Waals surface area contributed by atoms with E-state index >= 15 is 0 Å². The van der Waals surface area contributed by atoms with E-state index in [1.807, 2.05) is 16.8 Å². The molecule has 3 aromatic rings. The van der Waals surface area contributed by atoms with Crippen LogP contribution in [0.3, 0.4) is 0 Å². The van der Waals surface area contributed by atoms with Crippen LogP contribution >= 0.6 is 27.3 Å². The monoisotopic (exact) mass is 336 g/mol. The van der Waals surface area contributed by atoms with Crippen molar-refractivity contribution in [3.63, 3.8) is 0 Å². The maximum Gasteiger partial charge on any atom is 0.180 e. The van der Waals surface area contributed by atoms with Gasteiger partial charge in [0.2, 0.25) is 0 Å². The summed E-state index contributed by atoms with van der Waals surface area (Å²) < 4.78 is 2.80. The van der Waals surface area contributed by atoms with Gasteiger partial charge in [-0.25, -0.2) is 9.97 Å². The van der Waals surface area contributed by atoms with Gasteiger partial charge in [-0.2, -0.15) is 0 Å². The third-order valence-corrected chi connectivity index (χ3v) is 4.28. The average Bonchev–Trinajstić information content (AvgIpc) is 3.05. The lowest BCUT2D eigenvalue weighted by atomic mass is 10.3. The molecule has 0 saturated carbocycles. The van der Waals surface area contributed by atoms with Gasteiger partial charge >= 0.3 is 0 Å². The Morgan fingerprint density at radius 1 is 1.47 bits per heavy atom. The number of hydrogen-bond acceptors (Lipinski definition) is 4. The lowest BCUT2D eigenvalue weighted by Crippen LogP contribution is -2.22. The molecule has 0 aromatic carbocycles. The number of thiophene rings is 1. The number of rotatable bonds is 4. The van der Waals surface area contributed by atoms with E-state index < -0.39 is 0 Å². The maximum absolute atomic E-state index is 4.54. The quantitative estimate of drug-likeness (QED) is 0.733. The molecule has 0 amide bonds. The number of aromatic nitrogens is 3. The SMILES string of the molecule is CN(CCc1cccs1)c1nc(Br)cn2ccnc12. The minimum absolute atomic E-state index is 0.816. The van der Waals surface area contributed by atoms with Gasteiger partial charge in [-0.05, 0) is 33.8 Å². The summed E-state index contributed by atoms with van der Waals surface area (Å²) in [6.45, 7) is 0.923. The fourth-order valence-electron chi connectivity index (χ4n) is 1.98. The summed E-state index contributed by atoms with van der Waals surface area (Å²) in [6, 6.07) is 4.25. The Bertz CT molecular complexity index is 677. The van der Waals surface area contributed by atoms with Crippen molar-refractivity contribution in [1.82, 2.24) is 14.4 Å². The normalized spacial score (nSPS) is 11.1. The standard InChI is InChI=1S/C13H13BrN4S/c1-17(6-4-10-3-2-8-19-10)13-12-15-5-7-18(12)9-11(14)16-13/h2-3,5,7-9H,4,6H2,1H3. The zero-order valence-electron chi connectivity index (χ0n) is 10.5. The van der Waals surface area contributed by atoms with E-state index in [0.717, 1.165) is 29.0 Å². The van der Waals surface area contributed by atoms with Crippen molar-refractivity contribution in [2.75, 3.05) is 18.5 Å². The number of halogens is 1. The summed E-state index contributed by atoms with van der Waals surface area (Å²) in [5.41, 5.74) is 0.886. The van der Waals surface area contributed by atoms with Crippen LogP contribution in [0.15, 0.2) is 40.7 Å². The molecule has 3 rings (SSSR count). The van der Waals surface area contributed by atoms with Crippen molar-refractivity contribution in [1.29, 1.82) is 0 Å². The molecule has 98 valence electrons. The second-order valence-corrected chi connectivity index (χ2v) is 6.14. The minimum atomic E-state index is 0.816. The molecule has 0 radical (unpaired) electrons. The largest absolute Gasteiger partial charge is 0.356 e. The van der Waals surface area contributed by atoms with Gasteiger partial charge in [0.1, 0.15) is 4.60 Å². The molecule has 19 heavy (non-hydrogen) atoms. The fourth-order valence-corrected chi connectivity index (χ4v) is 3.07. The predicted molar refractivity (Wildman–Crippen MR) is 82.0 cm³/mol.